The fourth-order valence-corrected chi connectivity index (χ4v) is 3.88. The molecule has 1 atom stereocenters. The van der Waals surface area contributed by atoms with Gasteiger partial charge in [-0.1, -0.05) is 0 Å². The molecular weight excluding hydrogens is 418 g/mol. The van der Waals surface area contributed by atoms with Crippen LogP contribution in [0.4, 0.5) is 17.3 Å². The van der Waals surface area contributed by atoms with Gasteiger partial charge in [-0.15, -0.1) is 0 Å². The van der Waals surface area contributed by atoms with Crippen molar-refractivity contribution >= 4 is 34.9 Å². The van der Waals surface area contributed by atoms with Gasteiger partial charge in [-0.25, -0.2) is 15.0 Å². The van der Waals surface area contributed by atoms with Crippen LogP contribution < -0.4 is 10.2 Å². The standard InChI is InChI=1S/C21H24ClN7O2/c1-4-31-20(30)12-28-10-14(8-25-28)16-11-29(13(2)3)17-7-19(24-9-15(16)17)26-18-5-6-23-21(22)27-18/h5-10,13,16H,4,11-12H2,1-3H3,(H,23,24,26,27). The second-order valence-corrected chi connectivity index (χ2v) is 7.88. The number of anilines is 3. The summed E-state index contributed by atoms with van der Waals surface area (Å²) in [5, 5.41) is 7.71. The zero-order valence-corrected chi connectivity index (χ0v) is 18.4. The van der Waals surface area contributed by atoms with Crippen LogP contribution in [0.3, 0.4) is 0 Å². The molecule has 0 saturated heterocycles. The Kier molecular flexibility index (Phi) is 6.03. The van der Waals surface area contributed by atoms with Gasteiger partial charge in [-0.05, 0) is 44.0 Å². The lowest BCUT2D eigenvalue weighted by molar-refractivity contribution is -0.144. The van der Waals surface area contributed by atoms with E-state index >= 15 is 0 Å². The Hall–Kier alpha value is -3.20. The van der Waals surface area contributed by atoms with E-state index in [2.05, 4.69) is 44.1 Å². The molecule has 3 aromatic heterocycles. The lowest BCUT2D eigenvalue weighted by atomic mass is 9.97. The molecule has 10 heteroatoms. The van der Waals surface area contributed by atoms with Gasteiger partial charge in [0, 0.05) is 54.4 Å². The molecule has 31 heavy (non-hydrogen) atoms. The number of esters is 1. The van der Waals surface area contributed by atoms with E-state index in [0.717, 1.165) is 23.4 Å². The summed E-state index contributed by atoms with van der Waals surface area (Å²) in [7, 11) is 0. The molecule has 1 unspecified atom stereocenters. The Balaban J connectivity index is 1.59. The fourth-order valence-electron chi connectivity index (χ4n) is 3.73. The molecular formula is C21H24ClN7O2. The molecule has 1 aliphatic heterocycles. The summed E-state index contributed by atoms with van der Waals surface area (Å²) in [5.74, 6) is 1.08. The second-order valence-electron chi connectivity index (χ2n) is 7.54. The lowest BCUT2D eigenvalue weighted by Gasteiger charge is -2.24. The maximum absolute atomic E-state index is 11.8. The van der Waals surface area contributed by atoms with Crippen molar-refractivity contribution in [2.24, 2.45) is 0 Å². The number of hydrogen-bond acceptors (Lipinski definition) is 8. The number of aromatic nitrogens is 5. The number of carbonyl (C=O) groups is 1. The van der Waals surface area contributed by atoms with E-state index in [9.17, 15) is 4.79 Å². The number of halogens is 1. The highest BCUT2D eigenvalue weighted by atomic mass is 35.5. The largest absolute Gasteiger partial charge is 0.465 e. The smallest absolute Gasteiger partial charge is 0.327 e. The molecule has 1 aliphatic rings. The summed E-state index contributed by atoms with van der Waals surface area (Å²) < 4.78 is 6.63. The molecule has 162 valence electrons. The van der Waals surface area contributed by atoms with Crippen LogP contribution >= 0.6 is 11.6 Å². The van der Waals surface area contributed by atoms with Crippen molar-refractivity contribution in [2.45, 2.75) is 39.3 Å². The van der Waals surface area contributed by atoms with E-state index in [1.54, 1.807) is 23.9 Å². The number of nitrogens with one attached hydrogen (secondary N) is 1. The maximum Gasteiger partial charge on any atom is 0.327 e. The molecule has 3 aromatic rings. The quantitative estimate of drug-likeness (QED) is 0.440. The van der Waals surface area contributed by atoms with Crippen LogP contribution in [0.1, 0.15) is 37.8 Å². The number of nitrogens with zero attached hydrogens (tertiary/aromatic N) is 6. The molecule has 0 aromatic carbocycles. The fraction of sp³-hybridized carbons (Fsp3) is 0.381. The topological polar surface area (TPSA) is 98.1 Å². The predicted molar refractivity (Wildman–Crippen MR) is 118 cm³/mol. The third-order valence-electron chi connectivity index (χ3n) is 5.13. The minimum atomic E-state index is -0.296. The van der Waals surface area contributed by atoms with E-state index in [-0.39, 0.29) is 23.7 Å². The average molecular weight is 442 g/mol. The van der Waals surface area contributed by atoms with E-state index in [1.807, 2.05) is 24.7 Å². The summed E-state index contributed by atoms with van der Waals surface area (Å²) in [6.07, 6.45) is 7.20. The van der Waals surface area contributed by atoms with Gasteiger partial charge >= 0.3 is 5.97 Å². The predicted octanol–water partition coefficient (Wildman–Crippen LogP) is 3.39. The molecule has 0 bridgehead atoms. The number of carbonyl (C=O) groups excluding carboxylic acids is 1. The highest BCUT2D eigenvalue weighted by Crippen LogP contribution is 2.41. The summed E-state index contributed by atoms with van der Waals surface area (Å²) in [6.45, 7) is 7.38. The first-order valence-corrected chi connectivity index (χ1v) is 10.5. The van der Waals surface area contributed by atoms with Crippen LogP contribution in [0.25, 0.3) is 0 Å². The highest BCUT2D eigenvalue weighted by molar-refractivity contribution is 6.28. The minimum absolute atomic E-state index is 0.101. The number of pyridine rings is 1. The van der Waals surface area contributed by atoms with Gasteiger partial charge in [0.2, 0.25) is 5.28 Å². The SMILES string of the molecule is CCOC(=O)Cn1cc(C2CN(C(C)C)c3cc(Nc4ccnc(Cl)n4)ncc32)cn1. The van der Waals surface area contributed by atoms with Gasteiger partial charge in [-0.3, -0.25) is 9.48 Å². The molecule has 0 spiro atoms. The van der Waals surface area contributed by atoms with Crippen molar-refractivity contribution in [3.05, 3.63) is 53.3 Å². The van der Waals surface area contributed by atoms with Crippen molar-refractivity contribution < 1.29 is 9.53 Å². The van der Waals surface area contributed by atoms with Crippen LogP contribution in [-0.4, -0.2) is 49.9 Å². The molecule has 0 fully saturated rings. The van der Waals surface area contributed by atoms with Gasteiger partial charge in [0.05, 0.1) is 12.8 Å². The number of rotatable bonds is 7. The first-order chi connectivity index (χ1) is 14.9. The van der Waals surface area contributed by atoms with Crippen molar-refractivity contribution in [2.75, 3.05) is 23.4 Å². The van der Waals surface area contributed by atoms with E-state index in [1.165, 1.54) is 0 Å². The maximum atomic E-state index is 11.8. The monoisotopic (exact) mass is 441 g/mol. The molecule has 0 amide bonds. The first-order valence-electron chi connectivity index (χ1n) is 10.1. The van der Waals surface area contributed by atoms with Crippen molar-refractivity contribution in [3.63, 3.8) is 0 Å². The third-order valence-corrected chi connectivity index (χ3v) is 5.32. The summed E-state index contributed by atoms with van der Waals surface area (Å²) in [4.78, 5) is 26.7. The average Bonchev–Trinajstić information content (AvgIpc) is 3.32. The molecule has 0 radical (unpaired) electrons. The van der Waals surface area contributed by atoms with Gasteiger partial charge in [-0.2, -0.15) is 5.10 Å². The van der Waals surface area contributed by atoms with Crippen LogP contribution in [-0.2, 0) is 16.1 Å². The van der Waals surface area contributed by atoms with Crippen molar-refractivity contribution in [1.29, 1.82) is 0 Å². The Bertz CT molecular complexity index is 1090. The van der Waals surface area contributed by atoms with E-state index in [0.29, 0.717) is 24.3 Å². The van der Waals surface area contributed by atoms with Crippen molar-refractivity contribution in [3.8, 4) is 0 Å². The van der Waals surface area contributed by atoms with Gasteiger partial charge in [0.1, 0.15) is 18.2 Å². The second kappa shape index (κ2) is 8.89. The summed E-state index contributed by atoms with van der Waals surface area (Å²) in [6, 6.07) is 4.07. The summed E-state index contributed by atoms with van der Waals surface area (Å²) >= 11 is 5.88. The van der Waals surface area contributed by atoms with Gasteiger partial charge in [0.15, 0.2) is 0 Å². The first kappa shape index (κ1) is 21.0. The Morgan fingerprint density at radius 2 is 2.16 bits per heavy atom. The number of ether oxygens (including phenoxy) is 1. The van der Waals surface area contributed by atoms with Crippen LogP contribution in [0.5, 0.6) is 0 Å². The van der Waals surface area contributed by atoms with Crippen LogP contribution in [0.15, 0.2) is 36.9 Å². The molecule has 1 N–H and O–H groups in total. The minimum Gasteiger partial charge on any atom is -0.465 e. The van der Waals surface area contributed by atoms with Crippen LogP contribution in [0, 0.1) is 0 Å². The molecule has 0 saturated carbocycles. The molecule has 4 rings (SSSR count). The molecule has 0 aliphatic carbocycles. The zero-order valence-electron chi connectivity index (χ0n) is 17.6. The third kappa shape index (κ3) is 4.61. The molecule has 9 nitrogen and oxygen atoms in total. The Labute approximate surface area is 185 Å². The Morgan fingerprint density at radius 1 is 1.32 bits per heavy atom. The normalized spacial score (nSPS) is 15.3. The van der Waals surface area contributed by atoms with Gasteiger partial charge in [0.25, 0.3) is 0 Å². The van der Waals surface area contributed by atoms with Crippen LogP contribution in [0.2, 0.25) is 5.28 Å². The Morgan fingerprint density at radius 3 is 2.90 bits per heavy atom. The number of hydrogen-bond donors (Lipinski definition) is 1. The zero-order chi connectivity index (χ0) is 22.0. The van der Waals surface area contributed by atoms with E-state index < -0.39 is 0 Å². The summed E-state index contributed by atoms with van der Waals surface area (Å²) in [5.41, 5.74) is 3.27. The highest BCUT2D eigenvalue weighted by Gasteiger charge is 2.32. The molecule has 4 heterocycles. The van der Waals surface area contributed by atoms with Crippen molar-refractivity contribution in [1.82, 2.24) is 24.7 Å². The van der Waals surface area contributed by atoms with Gasteiger partial charge < -0.3 is 15.0 Å². The van der Waals surface area contributed by atoms with E-state index in [4.69, 9.17) is 16.3 Å². The number of fused-ring (bicyclic) bond motifs is 1. The lowest BCUT2D eigenvalue weighted by Crippen LogP contribution is -2.29.